The molecule has 0 saturated heterocycles. The molecule has 0 spiro atoms. The minimum absolute atomic E-state index is 0.0259. The lowest BCUT2D eigenvalue weighted by atomic mass is 10.1. The van der Waals surface area contributed by atoms with Gasteiger partial charge in [0.05, 0.1) is 44.6 Å². The first kappa shape index (κ1) is 26.2. The maximum atomic E-state index is 12.6. The van der Waals surface area contributed by atoms with Crippen molar-refractivity contribution in [3.63, 3.8) is 0 Å². The van der Waals surface area contributed by atoms with Crippen LogP contribution in [0.4, 0.5) is 5.69 Å². The molecule has 1 aliphatic heterocycles. The van der Waals surface area contributed by atoms with Gasteiger partial charge in [0.25, 0.3) is 11.8 Å². The fraction of sp³-hybridized carbons (Fsp3) is 0.320. The van der Waals surface area contributed by atoms with Crippen molar-refractivity contribution in [1.82, 2.24) is 4.90 Å². The number of fused-ring (bicyclic) bond motifs is 1. The zero-order chi connectivity index (χ0) is 26.2. The number of amides is 2. The molecule has 1 N–H and O–H groups in total. The third-order valence-corrected chi connectivity index (χ3v) is 5.40. The highest BCUT2D eigenvalue weighted by atomic mass is 16.5. The Kier molecular flexibility index (Phi) is 8.61. The van der Waals surface area contributed by atoms with E-state index in [4.69, 9.17) is 18.9 Å². The number of benzene rings is 2. The number of hydrazone groups is 1. The van der Waals surface area contributed by atoms with Crippen molar-refractivity contribution in [3.05, 3.63) is 53.1 Å². The zero-order valence-electron chi connectivity index (χ0n) is 20.5. The quantitative estimate of drug-likeness (QED) is 0.215. The number of nitrogens with zero attached hydrogens (tertiary/aromatic N) is 2. The van der Waals surface area contributed by atoms with E-state index >= 15 is 0 Å². The fourth-order valence-corrected chi connectivity index (χ4v) is 3.68. The topological polar surface area (TPSA) is 133 Å². The number of carbonyl (C=O) groups is 4. The molecular weight excluding hydrogens is 470 g/mol. The van der Waals surface area contributed by atoms with Gasteiger partial charge in [-0.05, 0) is 37.6 Å². The van der Waals surface area contributed by atoms with Gasteiger partial charge in [0.1, 0.15) is 11.4 Å². The van der Waals surface area contributed by atoms with Crippen molar-refractivity contribution >= 4 is 35.2 Å². The second kappa shape index (κ2) is 11.8. The van der Waals surface area contributed by atoms with Crippen LogP contribution in [0.1, 0.15) is 50.8 Å². The van der Waals surface area contributed by atoms with E-state index in [1.54, 1.807) is 31.2 Å². The molecule has 0 unspecified atom stereocenters. The van der Waals surface area contributed by atoms with E-state index in [9.17, 15) is 19.2 Å². The predicted molar refractivity (Wildman–Crippen MR) is 130 cm³/mol. The fourth-order valence-electron chi connectivity index (χ4n) is 3.68. The van der Waals surface area contributed by atoms with Crippen LogP contribution in [0.15, 0.2) is 41.5 Å². The molecule has 1 aliphatic rings. The van der Waals surface area contributed by atoms with E-state index in [0.29, 0.717) is 11.1 Å². The van der Waals surface area contributed by atoms with Gasteiger partial charge in [-0.3, -0.25) is 19.9 Å². The molecule has 0 bridgehead atoms. The van der Waals surface area contributed by atoms with Crippen molar-refractivity contribution < 1.29 is 38.1 Å². The van der Waals surface area contributed by atoms with E-state index in [1.165, 1.54) is 33.5 Å². The Morgan fingerprint density at radius 2 is 1.67 bits per heavy atom. The lowest BCUT2D eigenvalue weighted by molar-refractivity contribution is -0.135. The normalized spacial score (nSPS) is 12.8. The lowest BCUT2D eigenvalue weighted by Crippen LogP contribution is -2.31. The highest BCUT2D eigenvalue weighted by Crippen LogP contribution is 2.37. The third kappa shape index (κ3) is 5.45. The molecule has 0 fully saturated rings. The summed E-state index contributed by atoms with van der Waals surface area (Å²) in [7, 11) is 4.08. The van der Waals surface area contributed by atoms with E-state index in [-0.39, 0.29) is 66.3 Å². The second-order valence-corrected chi connectivity index (χ2v) is 7.55. The summed E-state index contributed by atoms with van der Waals surface area (Å²) in [4.78, 5) is 50.9. The number of nitrogens with one attached hydrogen (secondary N) is 1. The molecule has 2 aromatic rings. The van der Waals surface area contributed by atoms with Crippen molar-refractivity contribution in [3.8, 4) is 11.5 Å². The van der Waals surface area contributed by atoms with Crippen molar-refractivity contribution in [1.29, 1.82) is 0 Å². The van der Waals surface area contributed by atoms with Crippen molar-refractivity contribution in [2.24, 2.45) is 5.10 Å². The molecule has 36 heavy (non-hydrogen) atoms. The first-order valence-corrected chi connectivity index (χ1v) is 11.1. The molecule has 0 aliphatic carbocycles. The summed E-state index contributed by atoms with van der Waals surface area (Å²) in [5.74, 6) is -1.51. The van der Waals surface area contributed by atoms with Crippen LogP contribution in [0, 0.1) is 0 Å². The van der Waals surface area contributed by atoms with Gasteiger partial charge in [0.15, 0.2) is 11.5 Å². The van der Waals surface area contributed by atoms with Gasteiger partial charge in [-0.2, -0.15) is 5.10 Å². The number of esters is 2. The summed E-state index contributed by atoms with van der Waals surface area (Å²) < 4.78 is 20.5. The van der Waals surface area contributed by atoms with Crippen molar-refractivity contribution in [2.75, 3.05) is 39.9 Å². The molecule has 3 rings (SSSR count). The summed E-state index contributed by atoms with van der Waals surface area (Å²) in [6, 6.07) is 9.50. The summed E-state index contributed by atoms with van der Waals surface area (Å²) in [6.07, 6.45) is 0.378. The Morgan fingerprint density at radius 1 is 1.00 bits per heavy atom. The molecule has 0 aromatic heterocycles. The van der Waals surface area contributed by atoms with Crippen molar-refractivity contribution in [2.45, 2.75) is 19.8 Å². The number of ether oxygens (including phenoxy) is 4. The molecular formula is C25H27N3O8. The second-order valence-electron chi connectivity index (χ2n) is 7.55. The Morgan fingerprint density at radius 3 is 2.22 bits per heavy atom. The van der Waals surface area contributed by atoms with Gasteiger partial charge in [0.2, 0.25) is 0 Å². The Hall–Kier alpha value is -4.41. The van der Waals surface area contributed by atoms with Gasteiger partial charge < -0.3 is 18.9 Å². The van der Waals surface area contributed by atoms with E-state index in [0.717, 1.165) is 4.90 Å². The maximum absolute atomic E-state index is 12.6. The number of rotatable bonds is 11. The van der Waals surface area contributed by atoms with Crippen LogP contribution in [0.3, 0.4) is 0 Å². The first-order chi connectivity index (χ1) is 17.4. The van der Waals surface area contributed by atoms with Gasteiger partial charge in [-0.25, -0.2) is 9.59 Å². The standard InChI is InChI=1S/C25H27N3O8/c1-5-36-25(32)18(11-8-12-28-22(29)16-9-6-7-10-17(16)23(28)30)26-27-19-13-15(24(31)35-4)14-20(33-2)21(19)34-3/h6-7,9-10,13-14,27H,5,8,11-12H2,1-4H3/b26-18-. The molecule has 11 nitrogen and oxygen atoms in total. The number of carbonyl (C=O) groups excluding carboxylic acids is 4. The SMILES string of the molecule is CCOC(=O)/C(CCCN1C(=O)c2ccccc2C1=O)=N\Nc1cc(C(=O)OC)cc(OC)c1OC. The van der Waals surface area contributed by atoms with Crippen LogP contribution in [0.5, 0.6) is 11.5 Å². The number of imide groups is 1. The number of hydrogen-bond donors (Lipinski definition) is 1. The van der Waals surface area contributed by atoms with Gasteiger partial charge in [-0.1, -0.05) is 12.1 Å². The number of anilines is 1. The summed E-state index contributed by atoms with van der Waals surface area (Å²) in [5, 5.41) is 4.18. The van der Waals surface area contributed by atoms with Crippen LogP contribution >= 0.6 is 0 Å². The number of hydrogen-bond acceptors (Lipinski definition) is 10. The monoisotopic (exact) mass is 497 g/mol. The molecule has 0 saturated carbocycles. The van der Waals surface area contributed by atoms with Crippen LogP contribution in [0.2, 0.25) is 0 Å². The average Bonchev–Trinajstić information content (AvgIpc) is 3.14. The number of methoxy groups -OCH3 is 3. The molecule has 2 aromatic carbocycles. The highest BCUT2D eigenvalue weighted by molar-refractivity contribution is 6.36. The smallest absolute Gasteiger partial charge is 0.354 e. The Bertz CT molecular complexity index is 1170. The predicted octanol–water partition coefficient (Wildman–Crippen LogP) is 2.90. The van der Waals surface area contributed by atoms with Gasteiger partial charge in [0, 0.05) is 13.0 Å². The molecule has 2 amide bonds. The third-order valence-electron chi connectivity index (χ3n) is 5.40. The Labute approximate surface area is 208 Å². The largest absolute Gasteiger partial charge is 0.493 e. The van der Waals surface area contributed by atoms with Crippen LogP contribution < -0.4 is 14.9 Å². The molecule has 0 atom stereocenters. The minimum atomic E-state index is -0.664. The van der Waals surface area contributed by atoms with E-state index in [1.807, 2.05) is 0 Å². The highest BCUT2D eigenvalue weighted by Gasteiger charge is 2.34. The summed E-state index contributed by atoms with van der Waals surface area (Å²) in [5.41, 5.74) is 3.90. The Balaban J connectivity index is 1.79. The van der Waals surface area contributed by atoms with Crippen LogP contribution in [-0.4, -0.2) is 68.8 Å². The summed E-state index contributed by atoms with van der Waals surface area (Å²) >= 11 is 0. The van der Waals surface area contributed by atoms with Gasteiger partial charge >= 0.3 is 11.9 Å². The molecule has 11 heteroatoms. The van der Waals surface area contributed by atoms with E-state index < -0.39 is 11.9 Å². The van der Waals surface area contributed by atoms with E-state index in [2.05, 4.69) is 10.5 Å². The molecule has 1 heterocycles. The molecule has 190 valence electrons. The van der Waals surface area contributed by atoms with Crippen LogP contribution in [0.25, 0.3) is 0 Å². The maximum Gasteiger partial charge on any atom is 0.354 e. The first-order valence-electron chi connectivity index (χ1n) is 11.1. The molecule has 0 radical (unpaired) electrons. The zero-order valence-corrected chi connectivity index (χ0v) is 20.5. The minimum Gasteiger partial charge on any atom is -0.493 e. The summed E-state index contributed by atoms with van der Waals surface area (Å²) in [6.45, 7) is 1.89. The van der Waals surface area contributed by atoms with Gasteiger partial charge in [-0.15, -0.1) is 0 Å². The van der Waals surface area contributed by atoms with Crippen LogP contribution in [-0.2, 0) is 14.3 Å². The lowest BCUT2D eigenvalue weighted by Gasteiger charge is -2.15. The average molecular weight is 498 g/mol.